The van der Waals surface area contributed by atoms with E-state index >= 15 is 0 Å². The molecule has 0 bridgehead atoms. The second kappa shape index (κ2) is 6.13. The van der Waals surface area contributed by atoms with E-state index in [1.807, 2.05) is 0 Å². The maximum absolute atomic E-state index is 13.2. The van der Waals surface area contributed by atoms with Gasteiger partial charge in [0, 0.05) is 4.47 Å². The molecular weight excluding hydrogens is 329 g/mol. The lowest BCUT2D eigenvalue weighted by molar-refractivity contribution is 0.0518. The summed E-state index contributed by atoms with van der Waals surface area (Å²) in [5.74, 6) is -0.832. The second-order valence-corrected chi connectivity index (χ2v) is 4.99. The van der Waals surface area contributed by atoms with Crippen molar-refractivity contribution in [1.82, 2.24) is 15.0 Å². The van der Waals surface area contributed by atoms with E-state index in [9.17, 15) is 9.18 Å². The van der Waals surface area contributed by atoms with Crippen LogP contribution in [0.15, 0.2) is 22.7 Å². The zero-order valence-electron chi connectivity index (χ0n) is 11.1. The molecule has 0 aliphatic carbocycles. The number of benzene rings is 1. The van der Waals surface area contributed by atoms with Crippen molar-refractivity contribution in [3.63, 3.8) is 0 Å². The fourth-order valence-electron chi connectivity index (χ4n) is 1.72. The number of hydrogen-bond acceptors (Lipinski definition) is 4. The monoisotopic (exact) mass is 341 g/mol. The Balaban J connectivity index is 2.26. The summed E-state index contributed by atoms with van der Waals surface area (Å²) in [5.41, 5.74) is 1.48. The Morgan fingerprint density at radius 2 is 2.25 bits per heavy atom. The van der Waals surface area contributed by atoms with Gasteiger partial charge in [-0.1, -0.05) is 21.1 Å². The van der Waals surface area contributed by atoms with E-state index in [4.69, 9.17) is 4.74 Å². The van der Waals surface area contributed by atoms with Crippen LogP contribution in [0.2, 0.25) is 0 Å². The first-order valence-electron chi connectivity index (χ1n) is 6.04. The highest BCUT2D eigenvalue weighted by Gasteiger charge is 2.18. The van der Waals surface area contributed by atoms with Crippen LogP contribution in [-0.4, -0.2) is 27.6 Å². The van der Waals surface area contributed by atoms with Gasteiger partial charge in [0.15, 0.2) is 5.69 Å². The molecule has 0 saturated carbocycles. The molecule has 1 aromatic carbocycles. The summed E-state index contributed by atoms with van der Waals surface area (Å²) < 4.78 is 20.4. The zero-order chi connectivity index (χ0) is 14.7. The van der Waals surface area contributed by atoms with Gasteiger partial charge < -0.3 is 4.74 Å². The van der Waals surface area contributed by atoms with Gasteiger partial charge in [0.2, 0.25) is 0 Å². The molecule has 2 aromatic rings. The van der Waals surface area contributed by atoms with Crippen LogP contribution in [0.1, 0.15) is 28.7 Å². The molecule has 0 fully saturated rings. The summed E-state index contributed by atoms with van der Waals surface area (Å²) in [7, 11) is 0. The average Bonchev–Trinajstić information content (AvgIpc) is 2.76. The molecule has 7 heteroatoms. The van der Waals surface area contributed by atoms with E-state index in [0.717, 1.165) is 4.47 Å². The normalized spacial score (nSPS) is 10.6. The Morgan fingerprint density at radius 3 is 2.95 bits per heavy atom. The lowest BCUT2D eigenvalue weighted by Gasteiger charge is -2.06. The van der Waals surface area contributed by atoms with Gasteiger partial charge in [0.25, 0.3) is 0 Å². The number of ether oxygens (including phenoxy) is 1. The molecule has 0 radical (unpaired) electrons. The van der Waals surface area contributed by atoms with Crippen molar-refractivity contribution in [2.45, 2.75) is 20.4 Å². The van der Waals surface area contributed by atoms with Crippen LogP contribution in [0.25, 0.3) is 0 Å². The molecule has 2 rings (SSSR count). The van der Waals surface area contributed by atoms with Crippen LogP contribution in [0, 0.1) is 12.7 Å². The van der Waals surface area contributed by atoms with E-state index in [1.165, 1.54) is 16.8 Å². The molecule has 1 aromatic heterocycles. The molecule has 106 valence electrons. The van der Waals surface area contributed by atoms with Gasteiger partial charge in [-0.3, -0.25) is 0 Å². The molecule has 0 atom stereocenters. The number of esters is 1. The van der Waals surface area contributed by atoms with Gasteiger partial charge in [-0.05, 0) is 37.6 Å². The first-order chi connectivity index (χ1) is 9.52. The van der Waals surface area contributed by atoms with E-state index in [1.54, 1.807) is 19.9 Å². The number of carbonyl (C=O) groups excluding carboxylic acids is 1. The standard InChI is InChI=1S/C13H13BrFN3O2/c1-3-20-13(19)12-8(2)18(17-16-12)7-9-6-10(15)4-5-11(9)14/h4-6H,3,7H2,1-2H3. The average molecular weight is 342 g/mol. The van der Waals surface area contributed by atoms with Gasteiger partial charge >= 0.3 is 5.97 Å². The highest BCUT2D eigenvalue weighted by molar-refractivity contribution is 9.10. The van der Waals surface area contributed by atoms with Crippen molar-refractivity contribution in [3.05, 3.63) is 45.4 Å². The van der Waals surface area contributed by atoms with Crippen LogP contribution in [0.5, 0.6) is 0 Å². The van der Waals surface area contributed by atoms with Crippen LogP contribution in [0.4, 0.5) is 4.39 Å². The van der Waals surface area contributed by atoms with Crippen molar-refractivity contribution in [1.29, 1.82) is 0 Å². The summed E-state index contributed by atoms with van der Waals surface area (Å²) in [6, 6.07) is 4.41. The van der Waals surface area contributed by atoms with Gasteiger partial charge in [0.05, 0.1) is 18.8 Å². The number of aromatic nitrogens is 3. The Bertz CT molecular complexity index is 643. The van der Waals surface area contributed by atoms with Gasteiger partial charge in [-0.2, -0.15) is 0 Å². The lowest BCUT2D eigenvalue weighted by atomic mass is 10.2. The molecule has 0 aliphatic rings. The van der Waals surface area contributed by atoms with Crippen molar-refractivity contribution in [2.75, 3.05) is 6.61 Å². The number of nitrogens with zero attached hydrogens (tertiary/aromatic N) is 3. The topological polar surface area (TPSA) is 57.0 Å². The van der Waals surface area contributed by atoms with Crippen LogP contribution in [-0.2, 0) is 11.3 Å². The highest BCUT2D eigenvalue weighted by Crippen LogP contribution is 2.19. The van der Waals surface area contributed by atoms with E-state index in [-0.39, 0.29) is 18.1 Å². The predicted molar refractivity (Wildman–Crippen MR) is 73.9 cm³/mol. The zero-order valence-corrected chi connectivity index (χ0v) is 12.6. The summed E-state index contributed by atoms with van der Waals surface area (Å²) >= 11 is 3.35. The minimum atomic E-state index is -0.505. The Morgan fingerprint density at radius 1 is 1.50 bits per heavy atom. The molecule has 0 saturated heterocycles. The van der Waals surface area contributed by atoms with Crippen LogP contribution in [0.3, 0.4) is 0 Å². The Hall–Kier alpha value is -1.76. The highest BCUT2D eigenvalue weighted by atomic mass is 79.9. The quantitative estimate of drug-likeness (QED) is 0.802. The molecule has 0 amide bonds. The Labute approximate surface area is 123 Å². The third-order valence-electron chi connectivity index (χ3n) is 2.78. The number of carbonyl (C=O) groups is 1. The first-order valence-corrected chi connectivity index (χ1v) is 6.83. The molecule has 0 spiro atoms. The fraction of sp³-hybridized carbons (Fsp3) is 0.308. The number of hydrogen-bond donors (Lipinski definition) is 0. The van der Waals surface area contributed by atoms with Gasteiger partial charge in [0.1, 0.15) is 5.82 Å². The number of halogens is 2. The minimum absolute atomic E-state index is 0.180. The summed E-state index contributed by atoms with van der Waals surface area (Å²) in [5, 5.41) is 7.72. The van der Waals surface area contributed by atoms with Crippen molar-refractivity contribution in [2.24, 2.45) is 0 Å². The predicted octanol–water partition coefficient (Wildman–Crippen LogP) is 2.71. The van der Waals surface area contributed by atoms with E-state index in [0.29, 0.717) is 17.8 Å². The maximum atomic E-state index is 13.2. The SMILES string of the molecule is CCOC(=O)c1nnn(Cc2cc(F)ccc2Br)c1C. The molecular formula is C13H13BrFN3O2. The Kier molecular flexibility index (Phi) is 4.49. The molecule has 1 heterocycles. The van der Waals surface area contributed by atoms with Gasteiger partial charge in [-0.15, -0.1) is 5.10 Å². The van der Waals surface area contributed by atoms with Crippen LogP contribution >= 0.6 is 15.9 Å². The summed E-state index contributed by atoms with van der Waals surface area (Å²) in [6.07, 6.45) is 0. The van der Waals surface area contributed by atoms with E-state index < -0.39 is 5.97 Å². The minimum Gasteiger partial charge on any atom is -0.461 e. The first kappa shape index (κ1) is 14.6. The maximum Gasteiger partial charge on any atom is 0.360 e. The molecule has 20 heavy (non-hydrogen) atoms. The van der Waals surface area contributed by atoms with Crippen molar-refractivity contribution >= 4 is 21.9 Å². The largest absolute Gasteiger partial charge is 0.461 e. The third kappa shape index (κ3) is 3.04. The molecule has 5 nitrogen and oxygen atoms in total. The summed E-state index contributed by atoms with van der Waals surface area (Å²) in [4.78, 5) is 11.6. The van der Waals surface area contributed by atoms with Gasteiger partial charge in [-0.25, -0.2) is 13.9 Å². The summed E-state index contributed by atoms with van der Waals surface area (Å²) in [6.45, 7) is 4.04. The molecule has 0 aliphatic heterocycles. The number of rotatable bonds is 4. The lowest BCUT2D eigenvalue weighted by Crippen LogP contribution is -2.09. The molecule has 0 unspecified atom stereocenters. The third-order valence-corrected chi connectivity index (χ3v) is 3.55. The van der Waals surface area contributed by atoms with Crippen molar-refractivity contribution in [3.8, 4) is 0 Å². The van der Waals surface area contributed by atoms with E-state index in [2.05, 4.69) is 26.2 Å². The van der Waals surface area contributed by atoms with Crippen LogP contribution < -0.4 is 0 Å². The second-order valence-electron chi connectivity index (χ2n) is 4.14. The van der Waals surface area contributed by atoms with Crippen molar-refractivity contribution < 1.29 is 13.9 Å². The smallest absolute Gasteiger partial charge is 0.360 e. The fourth-order valence-corrected chi connectivity index (χ4v) is 2.10. The molecule has 0 N–H and O–H groups in total.